The summed E-state index contributed by atoms with van der Waals surface area (Å²) < 4.78 is 28.2. The van der Waals surface area contributed by atoms with Crippen molar-refractivity contribution in [3.8, 4) is 0 Å². The van der Waals surface area contributed by atoms with Crippen LogP contribution in [0, 0.1) is 11.6 Å². The highest BCUT2D eigenvalue weighted by molar-refractivity contribution is 7.99. The van der Waals surface area contributed by atoms with Crippen molar-refractivity contribution in [2.24, 2.45) is 0 Å². The van der Waals surface area contributed by atoms with Crippen LogP contribution in [0.25, 0.3) is 4.96 Å². The number of halogens is 2. The number of thiazole rings is 1. The summed E-state index contributed by atoms with van der Waals surface area (Å²) >= 11 is 2.88. The second kappa shape index (κ2) is 5.51. The molecular weight excluding hydrogens is 300 g/mol. The fourth-order valence-corrected chi connectivity index (χ4v) is 3.61. The van der Waals surface area contributed by atoms with Crippen LogP contribution in [0.1, 0.15) is 5.69 Å². The Morgan fingerprint density at radius 3 is 2.95 bits per heavy atom. The molecule has 3 aromatic rings. The number of fused-ring (bicyclic) bond motifs is 1. The summed E-state index contributed by atoms with van der Waals surface area (Å²) in [7, 11) is 1.86. The molecule has 20 heavy (non-hydrogen) atoms. The number of nitrogens with zero attached hydrogens (tertiary/aromatic N) is 2. The minimum atomic E-state index is -0.841. The second-order valence-corrected chi connectivity index (χ2v) is 6.06. The largest absolute Gasteiger partial charge is 0.314 e. The molecular formula is C13H11F2N3S2. The van der Waals surface area contributed by atoms with E-state index in [0.717, 1.165) is 21.7 Å². The van der Waals surface area contributed by atoms with E-state index in [-0.39, 0.29) is 0 Å². The normalized spacial score (nSPS) is 11.3. The van der Waals surface area contributed by atoms with Gasteiger partial charge in [0.05, 0.1) is 5.69 Å². The van der Waals surface area contributed by atoms with Crippen LogP contribution >= 0.6 is 23.1 Å². The van der Waals surface area contributed by atoms with Crippen molar-refractivity contribution in [1.82, 2.24) is 14.7 Å². The van der Waals surface area contributed by atoms with Gasteiger partial charge in [-0.2, -0.15) is 0 Å². The predicted molar refractivity (Wildman–Crippen MR) is 76.3 cm³/mol. The van der Waals surface area contributed by atoms with E-state index in [1.807, 2.05) is 23.0 Å². The molecule has 1 aromatic carbocycles. The van der Waals surface area contributed by atoms with Gasteiger partial charge in [-0.05, 0) is 25.2 Å². The standard InChI is InChI=1S/C13H11F2N3S2/c1-16-7-11-12(17-13-18(11)4-5-19-13)20-8-2-3-9(14)10(15)6-8/h2-6,16H,7H2,1H3. The number of hydrogen-bond donors (Lipinski definition) is 1. The van der Waals surface area contributed by atoms with Crippen molar-refractivity contribution < 1.29 is 8.78 Å². The number of rotatable bonds is 4. The summed E-state index contributed by atoms with van der Waals surface area (Å²) in [5.41, 5.74) is 1.01. The van der Waals surface area contributed by atoms with Crippen LogP contribution in [0.15, 0.2) is 39.7 Å². The molecule has 0 spiro atoms. The molecule has 2 heterocycles. The fourth-order valence-electron chi connectivity index (χ4n) is 1.87. The average molecular weight is 311 g/mol. The first-order chi connectivity index (χ1) is 9.69. The lowest BCUT2D eigenvalue weighted by Crippen LogP contribution is -2.08. The Labute approximate surface area is 122 Å². The first-order valence-corrected chi connectivity index (χ1v) is 7.60. The highest BCUT2D eigenvalue weighted by Gasteiger charge is 2.14. The Morgan fingerprint density at radius 1 is 1.35 bits per heavy atom. The maximum absolute atomic E-state index is 13.3. The highest BCUT2D eigenvalue weighted by atomic mass is 32.2. The lowest BCUT2D eigenvalue weighted by Gasteiger charge is -2.04. The summed E-state index contributed by atoms with van der Waals surface area (Å²) in [6.07, 6.45) is 1.95. The number of imidazole rings is 1. The summed E-state index contributed by atoms with van der Waals surface area (Å²) in [6, 6.07) is 3.88. The molecule has 0 aliphatic heterocycles. The summed E-state index contributed by atoms with van der Waals surface area (Å²) in [6.45, 7) is 0.657. The maximum atomic E-state index is 13.3. The van der Waals surface area contributed by atoms with Crippen LogP contribution in [0.2, 0.25) is 0 Å². The van der Waals surface area contributed by atoms with Gasteiger partial charge in [0.25, 0.3) is 0 Å². The number of nitrogens with one attached hydrogen (secondary N) is 1. The van der Waals surface area contributed by atoms with Gasteiger partial charge in [0.1, 0.15) is 5.03 Å². The molecule has 0 fully saturated rings. The third kappa shape index (κ3) is 2.44. The molecule has 0 amide bonds. The fraction of sp³-hybridized carbons (Fsp3) is 0.154. The van der Waals surface area contributed by atoms with Crippen LogP contribution in [-0.4, -0.2) is 16.4 Å². The van der Waals surface area contributed by atoms with Gasteiger partial charge in [0, 0.05) is 23.0 Å². The molecule has 104 valence electrons. The Balaban J connectivity index is 1.98. The minimum Gasteiger partial charge on any atom is -0.314 e. The molecule has 7 heteroatoms. The Morgan fingerprint density at radius 2 is 2.20 bits per heavy atom. The molecule has 0 radical (unpaired) electrons. The van der Waals surface area contributed by atoms with Gasteiger partial charge in [-0.25, -0.2) is 13.8 Å². The Kier molecular flexibility index (Phi) is 3.73. The third-order valence-corrected chi connectivity index (χ3v) is 4.54. The SMILES string of the molecule is CNCc1c(Sc2ccc(F)c(F)c2)nc2sccn12. The van der Waals surface area contributed by atoms with Gasteiger partial charge in [0.2, 0.25) is 0 Å². The van der Waals surface area contributed by atoms with Crippen LogP contribution in [-0.2, 0) is 6.54 Å². The molecule has 0 unspecified atom stereocenters. The Hall–Kier alpha value is -1.44. The first-order valence-electron chi connectivity index (χ1n) is 5.91. The van der Waals surface area contributed by atoms with E-state index < -0.39 is 11.6 Å². The molecule has 0 aliphatic carbocycles. The molecule has 2 aromatic heterocycles. The zero-order valence-electron chi connectivity index (χ0n) is 10.6. The first kappa shape index (κ1) is 13.5. The van der Waals surface area contributed by atoms with E-state index in [2.05, 4.69) is 10.3 Å². The van der Waals surface area contributed by atoms with Crippen LogP contribution in [0.4, 0.5) is 8.78 Å². The number of aromatic nitrogens is 2. The van der Waals surface area contributed by atoms with Crippen molar-refractivity contribution in [3.63, 3.8) is 0 Å². The van der Waals surface area contributed by atoms with Crippen LogP contribution < -0.4 is 5.32 Å². The quantitative estimate of drug-likeness (QED) is 0.799. The van der Waals surface area contributed by atoms with Crippen molar-refractivity contribution in [2.45, 2.75) is 16.5 Å². The molecule has 3 nitrogen and oxygen atoms in total. The van der Waals surface area contributed by atoms with Crippen molar-refractivity contribution >= 4 is 28.1 Å². The molecule has 0 saturated carbocycles. The topological polar surface area (TPSA) is 29.3 Å². The lowest BCUT2D eigenvalue weighted by molar-refractivity contribution is 0.506. The smallest absolute Gasteiger partial charge is 0.194 e. The average Bonchev–Trinajstić information content (AvgIpc) is 2.98. The summed E-state index contributed by atoms with van der Waals surface area (Å²) in [4.78, 5) is 6.05. The van der Waals surface area contributed by atoms with E-state index in [1.54, 1.807) is 17.4 Å². The molecule has 3 rings (SSSR count). The molecule has 0 atom stereocenters. The predicted octanol–water partition coefficient (Wildman–Crippen LogP) is 3.54. The van der Waals surface area contributed by atoms with E-state index in [9.17, 15) is 8.78 Å². The minimum absolute atomic E-state index is 0.631. The number of hydrogen-bond acceptors (Lipinski definition) is 4. The second-order valence-electron chi connectivity index (χ2n) is 4.13. The van der Waals surface area contributed by atoms with Crippen molar-refractivity contribution in [2.75, 3.05) is 7.05 Å². The van der Waals surface area contributed by atoms with Gasteiger partial charge in [0.15, 0.2) is 16.6 Å². The van der Waals surface area contributed by atoms with E-state index in [1.165, 1.54) is 17.8 Å². The van der Waals surface area contributed by atoms with Crippen molar-refractivity contribution in [3.05, 3.63) is 47.1 Å². The third-order valence-electron chi connectivity index (χ3n) is 2.77. The van der Waals surface area contributed by atoms with E-state index >= 15 is 0 Å². The highest BCUT2D eigenvalue weighted by Crippen LogP contribution is 2.32. The molecule has 1 N–H and O–H groups in total. The van der Waals surface area contributed by atoms with Gasteiger partial charge >= 0.3 is 0 Å². The van der Waals surface area contributed by atoms with Crippen molar-refractivity contribution in [1.29, 1.82) is 0 Å². The summed E-state index contributed by atoms with van der Waals surface area (Å²) in [5, 5.41) is 5.86. The van der Waals surface area contributed by atoms with E-state index in [4.69, 9.17) is 0 Å². The number of benzene rings is 1. The van der Waals surface area contributed by atoms with Gasteiger partial charge < -0.3 is 5.32 Å². The molecule has 0 bridgehead atoms. The monoisotopic (exact) mass is 311 g/mol. The van der Waals surface area contributed by atoms with Gasteiger partial charge in [-0.15, -0.1) is 11.3 Å². The van der Waals surface area contributed by atoms with E-state index in [0.29, 0.717) is 11.4 Å². The molecule has 0 saturated heterocycles. The van der Waals surface area contributed by atoms with Gasteiger partial charge in [-0.3, -0.25) is 4.40 Å². The van der Waals surface area contributed by atoms with Crippen LogP contribution in [0.5, 0.6) is 0 Å². The zero-order chi connectivity index (χ0) is 14.1. The maximum Gasteiger partial charge on any atom is 0.194 e. The summed E-state index contributed by atoms with van der Waals surface area (Å²) in [5.74, 6) is -1.68. The zero-order valence-corrected chi connectivity index (χ0v) is 12.2. The Bertz CT molecular complexity index is 751. The molecule has 0 aliphatic rings. The van der Waals surface area contributed by atoms with Crippen LogP contribution in [0.3, 0.4) is 0 Å². The van der Waals surface area contributed by atoms with Gasteiger partial charge in [-0.1, -0.05) is 11.8 Å². The lowest BCUT2D eigenvalue weighted by atomic mass is 10.3.